The van der Waals surface area contributed by atoms with E-state index >= 15 is 0 Å². The van der Waals surface area contributed by atoms with Gasteiger partial charge in [-0.1, -0.05) is 30.3 Å². The van der Waals surface area contributed by atoms with Gasteiger partial charge in [-0.25, -0.2) is 0 Å². The van der Waals surface area contributed by atoms with Gasteiger partial charge in [0.2, 0.25) is 0 Å². The van der Waals surface area contributed by atoms with E-state index in [4.69, 9.17) is 5.11 Å². The minimum atomic E-state index is -0.412. The van der Waals surface area contributed by atoms with Gasteiger partial charge < -0.3 is 10.4 Å². The van der Waals surface area contributed by atoms with Crippen molar-refractivity contribution in [2.24, 2.45) is 0 Å². The molecule has 0 spiro atoms. The SMILES string of the molecule is CC(C)(CO)NCC(=O)c1ccccc1. The number of carbonyl (C=O) groups is 1. The van der Waals surface area contributed by atoms with Gasteiger partial charge >= 0.3 is 0 Å². The summed E-state index contributed by atoms with van der Waals surface area (Å²) < 4.78 is 0. The summed E-state index contributed by atoms with van der Waals surface area (Å²) in [6, 6.07) is 9.13. The Morgan fingerprint density at radius 3 is 2.47 bits per heavy atom. The summed E-state index contributed by atoms with van der Waals surface area (Å²) in [6.45, 7) is 3.96. The first kappa shape index (κ1) is 11.9. The van der Waals surface area contributed by atoms with E-state index in [-0.39, 0.29) is 18.9 Å². The summed E-state index contributed by atoms with van der Waals surface area (Å²) in [7, 11) is 0. The Morgan fingerprint density at radius 2 is 1.93 bits per heavy atom. The van der Waals surface area contributed by atoms with E-state index in [1.54, 1.807) is 12.1 Å². The Labute approximate surface area is 90.1 Å². The van der Waals surface area contributed by atoms with Crippen molar-refractivity contribution in [1.29, 1.82) is 0 Å². The first-order valence-corrected chi connectivity index (χ1v) is 4.99. The standard InChI is InChI=1S/C12H17NO2/c1-12(2,9-14)13-8-11(15)10-6-4-3-5-7-10/h3-7,13-14H,8-9H2,1-2H3. The maximum atomic E-state index is 11.7. The molecule has 3 heteroatoms. The molecule has 0 bridgehead atoms. The topological polar surface area (TPSA) is 49.3 Å². The minimum Gasteiger partial charge on any atom is -0.394 e. The zero-order valence-corrected chi connectivity index (χ0v) is 9.16. The number of ketones is 1. The molecular formula is C12H17NO2. The molecule has 0 fully saturated rings. The third-order valence-electron chi connectivity index (χ3n) is 2.22. The summed E-state index contributed by atoms with van der Waals surface area (Å²) in [5, 5.41) is 12.0. The smallest absolute Gasteiger partial charge is 0.176 e. The monoisotopic (exact) mass is 207 g/mol. The third kappa shape index (κ3) is 3.81. The predicted octanol–water partition coefficient (Wildman–Crippen LogP) is 1.23. The van der Waals surface area contributed by atoms with Crippen LogP contribution >= 0.6 is 0 Å². The molecule has 0 radical (unpaired) electrons. The van der Waals surface area contributed by atoms with Crippen molar-refractivity contribution in [2.45, 2.75) is 19.4 Å². The summed E-state index contributed by atoms with van der Waals surface area (Å²) in [6.07, 6.45) is 0. The summed E-state index contributed by atoms with van der Waals surface area (Å²) in [4.78, 5) is 11.7. The number of aliphatic hydroxyl groups is 1. The van der Waals surface area contributed by atoms with Crippen LogP contribution in [0.5, 0.6) is 0 Å². The summed E-state index contributed by atoms with van der Waals surface area (Å²) in [5.41, 5.74) is 0.281. The molecular weight excluding hydrogens is 190 g/mol. The predicted molar refractivity (Wildman–Crippen MR) is 59.9 cm³/mol. The van der Waals surface area contributed by atoms with Crippen LogP contribution in [0.3, 0.4) is 0 Å². The molecule has 2 N–H and O–H groups in total. The van der Waals surface area contributed by atoms with Crippen LogP contribution in [0.1, 0.15) is 24.2 Å². The lowest BCUT2D eigenvalue weighted by Gasteiger charge is -2.22. The average Bonchev–Trinajstić information content (AvgIpc) is 2.27. The van der Waals surface area contributed by atoms with Crippen molar-refractivity contribution < 1.29 is 9.90 Å². The lowest BCUT2D eigenvalue weighted by Crippen LogP contribution is -2.45. The molecule has 0 saturated heterocycles. The zero-order chi connectivity index (χ0) is 11.3. The molecule has 0 amide bonds. The second-order valence-electron chi connectivity index (χ2n) is 4.18. The lowest BCUT2D eigenvalue weighted by atomic mass is 10.1. The normalized spacial score (nSPS) is 11.4. The highest BCUT2D eigenvalue weighted by Gasteiger charge is 2.16. The van der Waals surface area contributed by atoms with E-state index in [2.05, 4.69) is 5.32 Å². The number of carbonyl (C=O) groups excluding carboxylic acids is 1. The van der Waals surface area contributed by atoms with E-state index in [1.165, 1.54) is 0 Å². The highest BCUT2D eigenvalue weighted by molar-refractivity contribution is 5.97. The first-order chi connectivity index (χ1) is 7.05. The van der Waals surface area contributed by atoms with Crippen molar-refractivity contribution in [2.75, 3.05) is 13.2 Å². The highest BCUT2D eigenvalue weighted by atomic mass is 16.3. The molecule has 0 heterocycles. The third-order valence-corrected chi connectivity index (χ3v) is 2.22. The number of aliphatic hydroxyl groups excluding tert-OH is 1. The number of benzene rings is 1. The van der Waals surface area contributed by atoms with Crippen LogP contribution in [0.15, 0.2) is 30.3 Å². The lowest BCUT2D eigenvalue weighted by molar-refractivity contribution is 0.0968. The second kappa shape index (κ2) is 5.05. The molecule has 0 unspecified atom stereocenters. The van der Waals surface area contributed by atoms with Gasteiger partial charge in [0.05, 0.1) is 13.2 Å². The van der Waals surface area contributed by atoms with Gasteiger partial charge in [0.15, 0.2) is 5.78 Å². The molecule has 15 heavy (non-hydrogen) atoms. The highest BCUT2D eigenvalue weighted by Crippen LogP contribution is 2.02. The molecule has 82 valence electrons. The zero-order valence-electron chi connectivity index (χ0n) is 9.16. The molecule has 0 aromatic heterocycles. The van der Waals surface area contributed by atoms with E-state index in [9.17, 15) is 4.79 Å². The van der Waals surface area contributed by atoms with Crippen LogP contribution in [0.25, 0.3) is 0 Å². The van der Waals surface area contributed by atoms with Crippen molar-refractivity contribution in [1.82, 2.24) is 5.32 Å². The quantitative estimate of drug-likeness (QED) is 0.714. The minimum absolute atomic E-state index is 0.00900. The number of Topliss-reactive ketones (excluding diaryl/α,β-unsaturated/α-hetero) is 1. The maximum absolute atomic E-state index is 11.7. The molecule has 1 aromatic rings. The number of nitrogens with one attached hydrogen (secondary N) is 1. The fourth-order valence-corrected chi connectivity index (χ4v) is 1.10. The average molecular weight is 207 g/mol. The van der Waals surface area contributed by atoms with E-state index < -0.39 is 5.54 Å². The van der Waals surface area contributed by atoms with E-state index in [0.29, 0.717) is 5.56 Å². The van der Waals surface area contributed by atoms with Gasteiger partial charge in [-0.2, -0.15) is 0 Å². The van der Waals surface area contributed by atoms with Gasteiger partial charge in [0.1, 0.15) is 0 Å². The molecule has 0 saturated carbocycles. The van der Waals surface area contributed by atoms with E-state index in [1.807, 2.05) is 32.0 Å². The van der Waals surface area contributed by atoms with Crippen LogP contribution in [-0.2, 0) is 0 Å². The van der Waals surface area contributed by atoms with Gasteiger partial charge in [-0.15, -0.1) is 0 Å². The Balaban J connectivity index is 2.51. The van der Waals surface area contributed by atoms with Gasteiger partial charge in [-0.05, 0) is 13.8 Å². The Bertz CT molecular complexity index is 320. The molecule has 0 aliphatic carbocycles. The number of hydrogen-bond donors (Lipinski definition) is 2. The first-order valence-electron chi connectivity index (χ1n) is 4.99. The van der Waals surface area contributed by atoms with Crippen LogP contribution in [0.4, 0.5) is 0 Å². The van der Waals surface area contributed by atoms with E-state index in [0.717, 1.165) is 0 Å². The van der Waals surface area contributed by atoms with Crippen molar-refractivity contribution >= 4 is 5.78 Å². The fourth-order valence-electron chi connectivity index (χ4n) is 1.10. The van der Waals surface area contributed by atoms with Crippen LogP contribution in [0.2, 0.25) is 0 Å². The van der Waals surface area contributed by atoms with Crippen LogP contribution in [-0.4, -0.2) is 29.6 Å². The van der Waals surface area contributed by atoms with Gasteiger partial charge in [0, 0.05) is 11.1 Å². The van der Waals surface area contributed by atoms with Crippen LogP contribution < -0.4 is 5.32 Å². The summed E-state index contributed by atoms with van der Waals surface area (Å²) >= 11 is 0. The van der Waals surface area contributed by atoms with Crippen molar-refractivity contribution in [3.8, 4) is 0 Å². The van der Waals surface area contributed by atoms with Gasteiger partial charge in [-0.3, -0.25) is 4.79 Å². The van der Waals surface area contributed by atoms with Crippen LogP contribution in [0, 0.1) is 0 Å². The molecule has 1 rings (SSSR count). The Hall–Kier alpha value is -1.19. The molecule has 1 aromatic carbocycles. The number of hydrogen-bond acceptors (Lipinski definition) is 3. The van der Waals surface area contributed by atoms with Crippen molar-refractivity contribution in [3.05, 3.63) is 35.9 Å². The van der Waals surface area contributed by atoms with Gasteiger partial charge in [0.25, 0.3) is 0 Å². The Kier molecular flexibility index (Phi) is 4.00. The largest absolute Gasteiger partial charge is 0.394 e. The maximum Gasteiger partial charge on any atom is 0.176 e. The molecule has 0 aliphatic rings. The van der Waals surface area contributed by atoms with Crippen molar-refractivity contribution in [3.63, 3.8) is 0 Å². The number of rotatable bonds is 5. The molecule has 3 nitrogen and oxygen atoms in total. The molecule has 0 atom stereocenters. The second-order valence-corrected chi connectivity index (χ2v) is 4.18. The molecule has 0 aliphatic heterocycles. The summed E-state index contributed by atoms with van der Waals surface area (Å²) in [5.74, 6) is 0.0390. The fraction of sp³-hybridized carbons (Fsp3) is 0.417. The Morgan fingerprint density at radius 1 is 1.33 bits per heavy atom.